The zero-order chi connectivity index (χ0) is 39.3. The number of Topliss-reactive ketones (excluding diaryl/α,β-unsaturated/α-hetero) is 2. The van der Waals surface area contributed by atoms with Gasteiger partial charge >= 0.3 is 5.97 Å². The van der Waals surface area contributed by atoms with E-state index >= 15 is 0 Å². The number of fused-ring (bicyclic) bond motifs is 3. The Morgan fingerprint density at radius 3 is 2.80 bits per heavy atom. The largest absolute Gasteiger partial charge is 0.463 e. The summed E-state index contributed by atoms with van der Waals surface area (Å²) in [4.78, 5) is 48.0. The molecule has 0 unspecified atom stereocenters. The predicted octanol–water partition coefficient (Wildman–Crippen LogP) is 3.97. The lowest BCUT2D eigenvalue weighted by atomic mass is 9.70. The first-order valence-electron chi connectivity index (χ1n) is 19.9. The molecule has 0 spiro atoms. The summed E-state index contributed by atoms with van der Waals surface area (Å²) in [6.07, 6.45) is 16.8. The van der Waals surface area contributed by atoms with Crippen molar-refractivity contribution in [1.82, 2.24) is 26.6 Å². The van der Waals surface area contributed by atoms with Gasteiger partial charge in [-0.3, -0.25) is 14.6 Å². The molecule has 0 bridgehead atoms. The highest BCUT2D eigenvalue weighted by molar-refractivity contribution is 6.33. The van der Waals surface area contributed by atoms with E-state index in [-0.39, 0.29) is 48.3 Å². The molecule has 1 aromatic carbocycles. The minimum Gasteiger partial charge on any atom is -0.463 e. The average Bonchev–Trinajstić information content (AvgIpc) is 3.89. The van der Waals surface area contributed by atoms with Gasteiger partial charge in [0, 0.05) is 43.1 Å². The molecular formula is C43H59N7O5. The Bertz CT molecular complexity index is 1840. The van der Waals surface area contributed by atoms with Crippen molar-refractivity contribution in [3.63, 3.8) is 0 Å². The summed E-state index contributed by atoms with van der Waals surface area (Å²) in [7, 11) is 3.50. The third kappa shape index (κ3) is 8.08. The number of allylic oxidation sites excluding steroid dienone is 3. The van der Waals surface area contributed by atoms with Crippen LogP contribution < -0.4 is 32.3 Å². The molecule has 2 heterocycles. The number of hydrogen-bond donors (Lipinski definition) is 6. The average molecular weight is 754 g/mol. The SMILES string of the molecule is CCN[C@@H]1C=C2C=CCC[C@H]2C[C@H]1COC(=O)[C@]12O[C@@]1(C/C=C(\C)C[C@@H](NC(N)=NC)C1=CCNC(NCNC)=C1)C(=O)c1cccc(CC(C)C)c1C2=O. The quantitative estimate of drug-likeness (QED) is 0.0275. The lowest BCUT2D eigenvalue weighted by molar-refractivity contribution is -0.150. The Hall–Kier alpha value is -4.52. The van der Waals surface area contributed by atoms with Gasteiger partial charge in [0.05, 0.1) is 19.3 Å². The van der Waals surface area contributed by atoms with Crippen LogP contribution in [0, 0.1) is 17.8 Å². The number of nitrogens with one attached hydrogen (secondary N) is 5. The third-order valence-electron chi connectivity index (χ3n) is 11.5. The molecule has 55 heavy (non-hydrogen) atoms. The van der Waals surface area contributed by atoms with Crippen molar-refractivity contribution in [2.45, 2.75) is 89.5 Å². The van der Waals surface area contributed by atoms with Crippen LogP contribution in [0.15, 0.2) is 82.2 Å². The Labute approximate surface area is 325 Å². The zero-order valence-electron chi connectivity index (χ0n) is 33.2. The van der Waals surface area contributed by atoms with Crippen LogP contribution in [0.2, 0.25) is 0 Å². The molecule has 296 valence electrons. The number of ketones is 2. The highest BCUT2D eigenvalue weighted by atomic mass is 16.7. The van der Waals surface area contributed by atoms with Gasteiger partial charge in [0.2, 0.25) is 5.78 Å². The van der Waals surface area contributed by atoms with Gasteiger partial charge in [-0.2, -0.15) is 0 Å². The molecule has 0 aromatic heterocycles. The number of nitrogens with zero attached hydrogens (tertiary/aromatic N) is 1. The third-order valence-corrected chi connectivity index (χ3v) is 11.5. The summed E-state index contributed by atoms with van der Waals surface area (Å²) in [6.45, 7) is 10.3. The van der Waals surface area contributed by atoms with E-state index in [1.54, 1.807) is 13.1 Å². The number of benzene rings is 1. The number of carbonyl (C=O) groups excluding carboxylic acids is 3. The second-order valence-corrected chi connectivity index (χ2v) is 15.8. The Morgan fingerprint density at radius 2 is 2.05 bits per heavy atom. The molecule has 0 saturated carbocycles. The second-order valence-electron chi connectivity index (χ2n) is 15.8. The predicted molar refractivity (Wildman–Crippen MR) is 215 cm³/mol. The molecule has 1 aromatic rings. The number of rotatable bonds is 16. The summed E-state index contributed by atoms with van der Waals surface area (Å²) < 4.78 is 12.5. The summed E-state index contributed by atoms with van der Waals surface area (Å²) in [6, 6.07) is 5.15. The topological polar surface area (TPSA) is 171 Å². The molecule has 12 heteroatoms. The van der Waals surface area contributed by atoms with Gasteiger partial charge in [0.25, 0.3) is 5.60 Å². The normalized spacial score (nSPS) is 27.8. The van der Waals surface area contributed by atoms with E-state index in [9.17, 15) is 14.4 Å². The molecule has 5 aliphatic rings. The van der Waals surface area contributed by atoms with E-state index in [1.807, 2.05) is 38.3 Å². The van der Waals surface area contributed by atoms with Crippen molar-refractivity contribution in [2.24, 2.45) is 28.5 Å². The van der Waals surface area contributed by atoms with E-state index < -0.39 is 23.0 Å². The van der Waals surface area contributed by atoms with Gasteiger partial charge in [-0.1, -0.05) is 74.9 Å². The van der Waals surface area contributed by atoms with Crippen LogP contribution in [0.4, 0.5) is 0 Å². The number of guanidine groups is 1. The summed E-state index contributed by atoms with van der Waals surface area (Å²) in [5, 5.41) is 16.6. The molecule has 0 radical (unpaired) electrons. The van der Waals surface area contributed by atoms with E-state index in [1.165, 1.54) is 5.57 Å². The van der Waals surface area contributed by atoms with Gasteiger partial charge in [-0.05, 0) is 87.2 Å². The van der Waals surface area contributed by atoms with Crippen LogP contribution in [0.5, 0.6) is 0 Å². The van der Waals surface area contributed by atoms with Crippen molar-refractivity contribution in [3.8, 4) is 0 Å². The van der Waals surface area contributed by atoms with E-state index in [0.717, 1.165) is 48.3 Å². The Morgan fingerprint density at radius 1 is 1.24 bits per heavy atom. The fourth-order valence-electron chi connectivity index (χ4n) is 8.66. The maximum atomic E-state index is 14.8. The van der Waals surface area contributed by atoms with Crippen LogP contribution in [-0.2, 0) is 20.7 Å². The summed E-state index contributed by atoms with van der Waals surface area (Å²) in [5.74, 6) is 0.185. The van der Waals surface area contributed by atoms with Crippen LogP contribution >= 0.6 is 0 Å². The van der Waals surface area contributed by atoms with E-state index in [0.29, 0.717) is 43.5 Å². The number of esters is 1. The smallest absolute Gasteiger partial charge is 0.350 e. The number of likely N-dealkylation sites (N-methyl/N-ethyl adjacent to an activating group) is 1. The van der Waals surface area contributed by atoms with Crippen LogP contribution in [0.25, 0.3) is 0 Å². The second kappa shape index (κ2) is 17.1. The maximum absolute atomic E-state index is 14.8. The first kappa shape index (κ1) is 40.2. The van der Waals surface area contributed by atoms with Crippen LogP contribution in [0.3, 0.4) is 0 Å². The minimum absolute atomic E-state index is 0.0184. The van der Waals surface area contributed by atoms with Gasteiger partial charge in [-0.25, -0.2) is 4.79 Å². The first-order chi connectivity index (χ1) is 26.5. The molecule has 2 aliphatic heterocycles. The van der Waals surface area contributed by atoms with Gasteiger partial charge < -0.3 is 41.8 Å². The molecule has 6 rings (SSSR count). The highest BCUT2D eigenvalue weighted by Crippen LogP contribution is 2.59. The highest BCUT2D eigenvalue weighted by Gasteiger charge is 2.85. The Balaban J connectivity index is 1.29. The van der Waals surface area contributed by atoms with Crippen LogP contribution in [0.1, 0.15) is 86.1 Å². The fourth-order valence-corrected chi connectivity index (χ4v) is 8.66. The fraction of sp³-hybridized carbons (Fsp3) is 0.535. The number of carbonyl (C=O) groups is 3. The van der Waals surface area contributed by atoms with E-state index in [2.05, 4.69) is 76.7 Å². The van der Waals surface area contributed by atoms with Gasteiger partial charge in [0.15, 0.2) is 17.3 Å². The van der Waals surface area contributed by atoms with E-state index in [4.69, 9.17) is 15.2 Å². The lowest BCUT2D eigenvalue weighted by Crippen LogP contribution is -2.51. The minimum atomic E-state index is -2.05. The molecule has 12 nitrogen and oxygen atoms in total. The number of aliphatic imine (C=N–C) groups is 1. The molecule has 6 atom stereocenters. The molecular weight excluding hydrogens is 695 g/mol. The van der Waals surface area contributed by atoms with Crippen LogP contribution in [-0.4, -0.2) is 87.2 Å². The van der Waals surface area contributed by atoms with Gasteiger partial charge in [0.1, 0.15) is 5.82 Å². The zero-order valence-corrected chi connectivity index (χ0v) is 33.2. The van der Waals surface area contributed by atoms with Gasteiger partial charge in [-0.15, -0.1) is 0 Å². The monoisotopic (exact) mass is 753 g/mol. The standard InChI is InChI=1S/C43H59N7O5/c1-7-47-34-22-29-12-9-8-11-28(29)21-32(34)24-54-40(53)43-39(52)37-31(19-26(2)3)13-10-14-33(37)38(51)42(43,55-43)17-15-27(4)20-35(50-41(44)46-6)30-16-18-48-36(23-30)49-25-45-5/h9-10,12-16,22-23,26,28,32,34-35,45,47-49H,7-8,11,17-21,24-25H2,1-6H3,(H3,44,46,50)/b27-15+/t28-,32-,34+,35+,42-,43-/m0/s1. The molecule has 3 aliphatic carbocycles. The number of ether oxygens (including phenoxy) is 2. The molecule has 1 saturated heterocycles. The van der Waals surface area contributed by atoms with Crippen molar-refractivity contribution < 1.29 is 23.9 Å². The Kier molecular flexibility index (Phi) is 12.5. The number of epoxide rings is 1. The van der Waals surface area contributed by atoms with Crippen molar-refractivity contribution in [1.29, 1.82) is 0 Å². The number of dihydropyridines is 1. The van der Waals surface area contributed by atoms with Crippen molar-refractivity contribution in [2.75, 3.05) is 40.5 Å². The molecule has 0 amide bonds. The molecule has 1 fully saturated rings. The summed E-state index contributed by atoms with van der Waals surface area (Å²) in [5.41, 5.74) is 7.00. The van der Waals surface area contributed by atoms with Crippen molar-refractivity contribution in [3.05, 3.63) is 93.9 Å². The number of hydrogen-bond acceptors (Lipinski definition) is 10. The maximum Gasteiger partial charge on any atom is 0.350 e. The number of nitrogens with two attached hydrogens (primary N) is 1. The lowest BCUT2D eigenvalue weighted by Gasteiger charge is -2.36. The summed E-state index contributed by atoms with van der Waals surface area (Å²) >= 11 is 0. The first-order valence-corrected chi connectivity index (χ1v) is 19.9. The molecule has 7 N–H and O–H groups in total. The van der Waals surface area contributed by atoms with Crippen molar-refractivity contribution >= 4 is 23.5 Å².